The van der Waals surface area contributed by atoms with Crippen LogP contribution in [0.25, 0.3) is 11.1 Å². The number of benzene rings is 3. The lowest BCUT2D eigenvalue weighted by Crippen LogP contribution is -2.25. The average molecular weight is 545 g/mol. The van der Waals surface area contributed by atoms with E-state index < -0.39 is 5.60 Å². The molecular weight excluding hydrogens is 507 g/mol. The van der Waals surface area contributed by atoms with Gasteiger partial charge in [0.25, 0.3) is 0 Å². The van der Waals surface area contributed by atoms with Gasteiger partial charge in [0.2, 0.25) is 0 Å². The van der Waals surface area contributed by atoms with Crippen LogP contribution in [0.5, 0.6) is 11.5 Å². The summed E-state index contributed by atoms with van der Waals surface area (Å²) in [7, 11) is 3.34. The van der Waals surface area contributed by atoms with E-state index in [1.165, 1.54) is 17.2 Å². The summed E-state index contributed by atoms with van der Waals surface area (Å²) in [5.41, 5.74) is 5.29. The summed E-state index contributed by atoms with van der Waals surface area (Å²) >= 11 is 0. The van der Waals surface area contributed by atoms with Gasteiger partial charge in [-0.25, -0.2) is 4.39 Å². The zero-order valence-corrected chi connectivity index (χ0v) is 23.6. The number of fused-ring (bicyclic) bond motifs is 2. The Bertz CT molecular complexity index is 1430. The summed E-state index contributed by atoms with van der Waals surface area (Å²) < 4.78 is 38.3. The average Bonchev–Trinajstić information content (AvgIpc) is 3.31. The highest BCUT2D eigenvalue weighted by molar-refractivity contribution is 5.80. The molecule has 0 radical (unpaired) electrons. The summed E-state index contributed by atoms with van der Waals surface area (Å²) in [5, 5.41) is 0. The van der Waals surface area contributed by atoms with Crippen molar-refractivity contribution in [2.24, 2.45) is 5.92 Å². The topological polar surface area (TPSA) is 54.0 Å². The monoisotopic (exact) mass is 544 g/mol. The van der Waals surface area contributed by atoms with E-state index in [0.717, 1.165) is 67.4 Å². The second-order valence-corrected chi connectivity index (χ2v) is 11.4. The van der Waals surface area contributed by atoms with E-state index in [1.807, 2.05) is 25.1 Å². The number of ether oxygens (including phenoxy) is 4. The zero-order valence-electron chi connectivity index (χ0n) is 23.6. The van der Waals surface area contributed by atoms with Crippen molar-refractivity contribution in [3.05, 3.63) is 82.7 Å². The molecule has 2 fully saturated rings. The van der Waals surface area contributed by atoms with E-state index in [1.54, 1.807) is 26.4 Å². The fourth-order valence-electron chi connectivity index (χ4n) is 7.08. The number of esters is 1. The van der Waals surface area contributed by atoms with Crippen LogP contribution in [0, 0.1) is 11.7 Å². The SMILES string of the molecule is CCOC(=O)[C@@H]1C[C@]12CCc1ccc(OCc3ccc(-c4cc(OC)ccc4F)c(C4(OC)CCCC4)c3)cc12. The predicted molar refractivity (Wildman–Crippen MR) is 151 cm³/mol. The van der Waals surface area contributed by atoms with Crippen LogP contribution in [0.15, 0.2) is 54.6 Å². The minimum Gasteiger partial charge on any atom is -0.497 e. The molecule has 3 aliphatic carbocycles. The quantitative estimate of drug-likeness (QED) is 0.265. The van der Waals surface area contributed by atoms with E-state index in [2.05, 4.69) is 18.2 Å². The van der Waals surface area contributed by atoms with Gasteiger partial charge in [-0.3, -0.25) is 4.79 Å². The minimum absolute atomic E-state index is 0.0484. The Morgan fingerprint density at radius 3 is 2.48 bits per heavy atom. The van der Waals surface area contributed by atoms with Crippen LogP contribution in [0.2, 0.25) is 0 Å². The highest BCUT2D eigenvalue weighted by Crippen LogP contribution is 2.62. The molecule has 0 bridgehead atoms. The van der Waals surface area contributed by atoms with Crippen LogP contribution in [0.3, 0.4) is 0 Å². The number of aryl methyl sites for hydroxylation is 1. The van der Waals surface area contributed by atoms with Gasteiger partial charge >= 0.3 is 5.97 Å². The summed E-state index contributed by atoms with van der Waals surface area (Å²) in [6.07, 6.45) is 6.74. The first kappa shape index (κ1) is 26.8. The molecular formula is C34H37FO5. The summed E-state index contributed by atoms with van der Waals surface area (Å²) in [4.78, 5) is 12.5. The number of methoxy groups -OCH3 is 2. The van der Waals surface area contributed by atoms with Gasteiger partial charge in [0, 0.05) is 18.1 Å². The van der Waals surface area contributed by atoms with Gasteiger partial charge in [0.1, 0.15) is 23.9 Å². The smallest absolute Gasteiger partial charge is 0.309 e. The standard InChI is InChI=1S/C34H37FO5/c1-4-39-32(36)30-20-33(30)16-13-23-8-9-25(19-28(23)33)40-21-22-7-11-26(27-18-24(37-2)10-12-31(27)35)29(17-22)34(38-3)14-5-6-15-34/h7-12,17-19,30H,4-6,13-16,20-21H2,1-3H3/t30-,33-/m0/s1. The first-order valence-electron chi connectivity index (χ1n) is 14.4. The largest absolute Gasteiger partial charge is 0.497 e. The Morgan fingerprint density at radius 2 is 1.73 bits per heavy atom. The normalized spacial score (nSPS) is 22.2. The molecule has 3 aliphatic rings. The van der Waals surface area contributed by atoms with E-state index in [0.29, 0.717) is 24.5 Å². The van der Waals surface area contributed by atoms with Crippen LogP contribution < -0.4 is 9.47 Å². The maximum Gasteiger partial charge on any atom is 0.309 e. The summed E-state index contributed by atoms with van der Waals surface area (Å²) in [6, 6.07) is 17.2. The molecule has 6 rings (SSSR count). The third-order valence-electron chi connectivity index (χ3n) is 9.35. The van der Waals surface area contributed by atoms with Gasteiger partial charge < -0.3 is 18.9 Å². The lowest BCUT2D eigenvalue weighted by Gasteiger charge is -2.31. The van der Waals surface area contributed by atoms with Crippen molar-refractivity contribution in [3.63, 3.8) is 0 Å². The number of hydrogen-bond donors (Lipinski definition) is 0. The minimum atomic E-state index is -0.463. The second kappa shape index (κ2) is 10.5. The molecule has 2 saturated carbocycles. The molecule has 210 valence electrons. The molecule has 3 aromatic rings. The Labute approximate surface area is 235 Å². The fourth-order valence-corrected chi connectivity index (χ4v) is 7.08. The molecule has 6 heteroatoms. The van der Waals surface area contributed by atoms with Gasteiger partial charge in [-0.2, -0.15) is 0 Å². The summed E-state index contributed by atoms with van der Waals surface area (Å²) in [6.45, 7) is 2.64. The third-order valence-corrected chi connectivity index (χ3v) is 9.35. The van der Waals surface area contributed by atoms with E-state index in [-0.39, 0.29) is 23.1 Å². The molecule has 1 spiro atoms. The van der Waals surface area contributed by atoms with Crippen LogP contribution in [0.4, 0.5) is 4.39 Å². The van der Waals surface area contributed by atoms with Gasteiger partial charge in [0.15, 0.2) is 0 Å². The van der Waals surface area contributed by atoms with E-state index in [4.69, 9.17) is 18.9 Å². The molecule has 0 aromatic heterocycles. The van der Waals surface area contributed by atoms with E-state index in [9.17, 15) is 4.79 Å². The van der Waals surface area contributed by atoms with Gasteiger partial charge in [0.05, 0.1) is 25.2 Å². The lowest BCUT2D eigenvalue weighted by atomic mass is 9.84. The van der Waals surface area contributed by atoms with Crippen molar-refractivity contribution in [2.45, 2.75) is 69.5 Å². The third kappa shape index (κ3) is 4.56. The van der Waals surface area contributed by atoms with Crippen molar-refractivity contribution in [1.29, 1.82) is 0 Å². The van der Waals surface area contributed by atoms with Crippen LogP contribution in [-0.2, 0) is 38.3 Å². The van der Waals surface area contributed by atoms with Crippen LogP contribution in [0.1, 0.15) is 67.7 Å². The first-order valence-corrected chi connectivity index (χ1v) is 14.4. The van der Waals surface area contributed by atoms with Crippen molar-refractivity contribution >= 4 is 5.97 Å². The van der Waals surface area contributed by atoms with Gasteiger partial charge in [-0.15, -0.1) is 0 Å². The molecule has 5 nitrogen and oxygen atoms in total. The molecule has 40 heavy (non-hydrogen) atoms. The van der Waals surface area contributed by atoms with Gasteiger partial charge in [-0.05, 0) is 103 Å². The summed E-state index contributed by atoms with van der Waals surface area (Å²) in [5.74, 6) is 0.987. The molecule has 0 N–H and O–H groups in total. The number of hydrogen-bond acceptors (Lipinski definition) is 5. The highest BCUT2D eigenvalue weighted by Gasteiger charge is 2.62. The second-order valence-electron chi connectivity index (χ2n) is 11.4. The van der Waals surface area contributed by atoms with E-state index >= 15 is 4.39 Å². The highest BCUT2D eigenvalue weighted by atomic mass is 19.1. The molecule has 0 amide bonds. The predicted octanol–water partition coefficient (Wildman–Crippen LogP) is 7.26. The lowest BCUT2D eigenvalue weighted by molar-refractivity contribution is -0.145. The first-order chi connectivity index (χ1) is 19.4. The number of rotatable bonds is 9. The number of carbonyl (C=O) groups excluding carboxylic acids is 1. The Balaban J connectivity index is 1.28. The number of carbonyl (C=O) groups is 1. The maximum absolute atomic E-state index is 15.1. The molecule has 2 atom stereocenters. The van der Waals surface area contributed by atoms with Crippen molar-refractivity contribution in [1.82, 2.24) is 0 Å². The maximum atomic E-state index is 15.1. The van der Waals surface area contributed by atoms with Crippen molar-refractivity contribution in [3.8, 4) is 22.6 Å². The number of halogens is 1. The Morgan fingerprint density at radius 1 is 0.925 bits per heavy atom. The Hall–Kier alpha value is -3.38. The van der Waals surface area contributed by atoms with Crippen LogP contribution in [-0.4, -0.2) is 26.8 Å². The molecule has 3 aromatic carbocycles. The fraction of sp³-hybridized carbons (Fsp3) is 0.441. The molecule has 0 aliphatic heterocycles. The van der Waals surface area contributed by atoms with Crippen molar-refractivity contribution in [2.75, 3.05) is 20.8 Å². The van der Waals surface area contributed by atoms with Crippen molar-refractivity contribution < 1.29 is 28.1 Å². The molecule has 0 unspecified atom stereocenters. The Kier molecular flexibility index (Phi) is 7.07. The zero-order chi connectivity index (χ0) is 27.9. The van der Waals surface area contributed by atoms with Crippen LogP contribution >= 0.6 is 0 Å². The molecule has 0 saturated heterocycles. The van der Waals surface area contributed by atoms with Gasteiger partial charge in [-0.1, -0.05) is 31.0 Å². The molecule has 0 heterocycles.